The summed E-state index contributed by atoms with van der Waals surface area (Å²) in [5.74, 6) is -0.629. The van der Waals surface area contributed by atoms with Crippen LogP contribution in [0.4, 0.5) is 5.69 Å². The number of hydrogen-bond acceptors (Lipinski definition) is 6. The van der Waals surface area contributed by atoms with Crippen LogP contribution in [0.2, 0.25) is 0 Å². The maximum atomic E-state index is 11.7. The summed E-state index contributed by atoms with van der Waals surface area (Å²) in [6, 6.07) is 3.03. The van der Waals surface area contributed by atoms with Crippen LogP contribution >= 0.6 is 0 Å². The monoisotopic (exact) mass is 373 g/mol. The molecule has 1 aliphatic carbocycles. The number of nitrogens with two attached hydrogens (primary N) is 1. The molecule has 0 unspecified atom stereocenters. The lowest BCUT2D eigenvalue weighted by molar-refractivity contribution is 0.386. The van der Waals surface area contributed by atoms with Crippen molar-refractivity contribution in [3.8, 4) is 5.75 Å². The van der Waals surface area contributed by atoms with Gasteiger partial charge in [0.05, 0.1) is 4.90 Å². The van der Waals surface area contributed by atoms with Crippen LogP contribution < -0.4 is 5.73 Å². The van der Waals surface area contributed by atoms with E-state index in [1.807, 2.05) is 0 Å². The Kier molecular flexibility index (Phi) is 3.75. The highest BCUT2D eigenvalue weighted by atomic mass is 32.2. The van der Waals surface area contributed by atoms with Gasteiger partial charge in [0, 0.05) is 16.6 Å². The van der Waals surface area contributed by atoms with Crippen LogP contribution in [-0.4, -0.2) is 31.0 Å². The smallest absolute Gasteiger partial charge is 0.294 e. The number of rotatable bonds is 3. The van der Waals surface area contributed by atoms with E-state index in [0.717, 1.165) is 24.6 Å². The number of phenols is 1. The van der Waals surface area contributed by atoms with Crippen molar-refractivity contribution in [3.63, 3.8) is 0 Å². The lowest BCUT2D eigenvalue weighted by atomic mass is 9.79. The summed E-state index contributed by atoms with van der Waals surface area (Å²) in [5.41, 5.74) is 5.76. The molecule has 3 rings (SSSR count). The van der Waals surface area contributed by atoms with E-state index >= 15 is 0 Å². The standard InChI is InChI=1S/C14H15NO7S2/c15-10-6-9(23(17,18)19)4-8-5-11(24(20,21)22)13(7-2-1-3-7)14(16)12(8)10/h4-7,16H,1-3,15H2,(H,17,18,19)(H,20,21,22). The third kappa shape index (κ3) is 2.71. The summed E-state index contributed by atoms with van der Waals surface area (Å²) in [6.45, 7) is 0. The van der Waals surface area contributed by atoms with Crippen LogP contribution in [0.15, 0.2) is 28.0 Å². The Hall–Kier alpha value is -1.88. The largest absolute Gasteiger partial charge is 0.507 e. The Bertz CT molecular complexity index is 1050. The Labute approximate surface area is 138 Å². The zero-order valence-corrected chi connectivity index (χ0v) is 13.9. The number of nitrogen functional groups attached to an aromatic ring is 1. The van der Waals surface area contributed by atoms with Gasteiger partial charge in [0.25, 0.3) is 20.2 Å². The Morgan fingerprint density at radius 2 is 1.62 bits per heavy atom. The van der Waals surface area contributed by atoms with Crippen LogP contribution in [0.1, 0.15) is 30.7 Å². The summed E-state index contributed by atoms with van der Waals surface area (Å²) in [5, 5.41) is 10.6. The van der Waals surface area contributed by atoms with Gasteiger partial charge in [-0.1, -0.05) is 6.42 Å². The summed E-state index contributed by atoms with van der Waals surface area (Å²) >= 11 is 0. The number of anilines is 1. The number of hydrogen-bond donors (Lipinski definition) is 4. The SMILES string of the molecule is Nc1cc(S(=O)(=O)O)cc2cc(S(=O)(=O)O)c(C3CCC3)c(O)c12. The Morgan fingerprint density at radius 1 is 1.00 bits per heavy atom. The van der Waals surface area contributed by atoms with Crippen molar-refractivity contribution in [3.05, 3.63) is 23.8 Å². The predicted octanol–water partition coefficient (Wildman–Crippen LogP) is 1.89. The van der Waals surface area contributed by atoms with Crippen molar-refractivity contribution in [1.82, 2.24) is 0 Å². The second-order valence-electron chi connectivity index (χ2n) is 5.83. The zero-order chi connectivity index (χ0) is 17.9. The fraction of sp³-hybridized carbons (Fsp3) is 0.286. The van der Waals surface area contributed by atoms with Crippen molar-refractivity contribution in [1.29, 1.82) is 0 Å². The van der Waals surface area contributed by atoms with E-state index in [4.69, 9.17) is 10.3 Å². The van der Waals surface area contributed by atoms with E-state index in [-0.39, 0.29) is 27.9 Å². The maximum absolute atomic E-state index is 11.7. The molecule has 1 fully saturated rings. The van der Waals surface area contributed by atoms with Crippen molar-refractivity contribution in [2.24, 2.45) is 0 Å². The topological polar surface area (TPSA) is 155 Å². The normalized spacial score (nSPS) is 16.2. The van der Waals surface area contributed by atoms with Gasteiger partial charge in [0.15, 0.2) is 0 Å². The van der Waals surface area contributed by atoms with Crippen LogP contribution in [0.3, 0.4) is 0 Å². The molecule has 0 spiro atoms. The van der Waals surface area contributed by atoms with Gasteiger partial charge in [-0.05, 0) is 42.3 Å². The first-order valence-electron chi connectivity index (χ1n) is 7.04. The zero-order valence-electron chi connectivity index (χ0n) is 12.3. The lowest BCUT2D eigenvalue weighted by Gasteiger charge is -2.28. The highest BCUT2D eigenvalue weighted by Crippen LogP contribution is 2.48. The fourth-order valence-corrected chi connectivity index (χ4v) is 4.34. The van der Waals surface area contributed by atoms with Crippen molar-refractivity contribution >= 4 is 36.7 Å². The number of fused-ring (bicyclic) bond motifs is 1. The van der Waals surface area contributed by atoms with Gasteiger partial charge in [-0.2, -0.15) is 16.8 Å². The van der Waals surface area contributed by atoms with Gasteiger partial charge >= 0.3 is 0 Å². The molecule has 0 aliphatic heterocycles. The first-order valence-corrected chi connectivity index (χ1v) is 9.92. The second-order valence-corrected chi connectivity index (χ2v) is 8.64. The minimum atomic E-state index is -4.64. The van der Waals surface area contributed by atoms with E-state index < -0.39 is 35.8 Å². The van der Waals surface area contributed by atoms with Crippen LogP contribution in [0.5, 0.6) is 5.75 Å². The molecule has 5 N–H and O–H groups in total. The first-order chi connectivity index (χ1) is 11.0. The van der Waals surface area contributed by atoms with Crippen molar-refractivity contribution in [2.75, 3.05) is 5.73 Å². The second kappa shape index (κ2) is 5.31. The maximum Gasteiger partial charge on any atom is 0.294 e. The van der Waals surface area contributed by atoms with Gasteiger partial charge in [-0.15, -0.1) is 0 Å². The number of benzene rings is 2. The molecule has 1 aliphatic rings. The summed E-state index contributed by atoms with van der Waals surface area (Å²) < 4.78 is 64.6. The molecule has 2 aromatic carbocycles. The van der Waals surface area contributed by atoms with Gasteiger partial charge in [-0.25, -0.2) is 0 Å². The molecule has 0 bridgehead atoms. The molecule has 2 aromatic rings. The summed E-state index contributed by atoms with van der Waals surface area (Å²) in [7, 11) is -9.21. The minimum Gasteiger partial charge on any atom is -0.507 e. The highest BCUT2D eigenvalue weighted by Gasteiger charge is 2.31. The van der Waals surface area contributed by atoms with E-state index in [1.165, 1.54) is 0 Å². The minimum absolute atomic E-state index is 0.0178. The summed E-state index contributed by atoms with van der Waals surface area (Å²) in [6.07, 6.45) is 2.18. The molecule has 130 valence electrons. The van der Waals surface area contributed by atoms with Gasteiger partial charge < -0.3 is 10.8 Å². The molecule has 1 saturated carbocycles. The molecule has 8 nitrogen and oxygen atoms in total. The Balaban J connectivity index is 2.45. The Morgan fingerprint density at radius 3 is 2.08 bits per heavy atom. The molecule has 0 saturated heterocycles. The van der Waals surface area contributed by atoms with Crippen molar-refractivity contribution < 1.29 is 31.0 Å². The summed E-state index contributed by atoms with van der Waals surface area (Å²) in [4.78, 5) is -1.02. The number of aromatic hydroxyl groups is 1. The lowest BCUT2D eigenvalue weighted by Crippen LogP contribution is -2.14. The van der Waals surface area contributed by atoms with Gasteiger partial charge in [0.2, 0.25) is 0 Å². The average Bonchev–Trinajstić information content (AvgIpc) is 2.36. The quantitative estimate of drug-likeness (QED) is 0.469. The molecular weight excluding hydrogens is 358 g/mol. The molecule has 0 amide bonds. The van der Waals surface area contributed by atoms with Gasteiger partial charge in [-0.3, -0.25) is 9.11 Å². The third-order valence-electron chi connectivity index (χ3n) is 4.31. The molecule has 0 heterocycles. The molecule has 24 heavy (non-hydrogen) atoms. The van der Waals surface area contributed by atoms with E-state index in [9.17, 15) is 26.5 Å². The molecular formula is C14H15NO7S2. The average molecular weight is 373 g/mol. The predicted molar refractivity (Wildman–Crippen MR) is 86.2 cm³/mol. The molecule has 10 heteroatoms. The van der Waals surface area contributed by atoms with Gasteiger partial charge in [0.1, 0.15) is 10.6 Å². The molecule has 0 atom stereocenters. The van der Waals surface area contributed by atoms with E-state index in [1.54, 1.807) is 0 Å². The van der Waals surface area contributed by atoms with Crippen LogP contribution in [0.25, 0.3) is 10.8 Å². The van der Waals surface area contributed by atoms with Crippen LogP contribution in [-0.2, 0) is 20.2 Å². The highest BCUT2D eigenvalue weighted by molar-refractivity contribution is 7.86. The van der Waals surface area contributed by atoms with Crippen LogP contribution in [0, 0.1) is 0 Å². The van der Waals surface area contributed by atoms with E-state index in [0.29, 0.717) is 12.8 Å². The van der Waals surface area contributed by atoms with Crippen molar-refractivity contribution in [2.45, 2.75) is 35.0 Å². The molecule has 0 aromatic heterocycles. The first kappa shape index (κ1) is 17.0. The fourth-order valence-electron chi connectivity index (χ4n) is 2.97. The molecule has 0 radical (unpaired) electrons. The van der Waals surface area contributed by atoms with E-state index in [2.05, 4.69) is 0 Å². The third-order valence-corrected chi connectivity index (χ3v) is 6.03. The number of phenolic OH excluding ortho intramolecular Hbond substituents is 1.